The zero-order chi connectivity index (χ0) is 27.1. The molecular weight excluding hydrogens is 501 g/mol. The Morgan fingerprint density at radius 3 is 2.66 bits per heavy atom. The van der Waals surface area contributed by atoms with Crippen molar-refractivity contribution in [2.75, 3.05) is 26.2 Å². The molecule has 3 N–H and O–H groups in total. The standard InChI is InChI=1S/C27H31F3N4O4/c28-27(29,30)22-6-3-18(4-7-22)16-34-17-21-14-23(38-12-2-11-33-26-31-9-1-10-32-26)8-5-19(21)13-20(25(34)37)15-24(35)36/h3-8,14,20H,1-2,9-13,15-17H2,(H,35,36)(H2,31,32,33). The summed E-state index contributed by atoms with van der Waals surface area (Å²) < 4.78 is 44.7. The van der Waals surface area contributed by atoms with Gasteiger partial charge in [0.1, 0.15) is 5.75 Å². The Morgan fingerprint density at radius 2 is 1.97 bits per heavy atom. The predicted molar refractivity (Wildman–Crippen MR) is 135 cm³/mol. The molecule has 0 saturated heterocycles. The van der Waals surface area contributed by atoms with Crippen molar-refractivity contribution in [1.29, 1.82) is 0 Å². The van der Waals surface area contributed by atoms with Crippen LogP contribution in [0.5, 0.6) is 5.75 Å². The van der Waals surface area contributed by atoms with Gasteiger partial charge in [-0.3, -0.25) is 14.6 Å². The molecule has 1 unspecified atom stereocenters. The lowest BCUT2D eigenvalue weighted by Gasteiger charge is -2.24. The zero-order valence-electron chi connectivity index (χ0n) is 20.9. The van der Waals surface area contributed by atoms with Crippen molar-refractivity contribution in [3.8, 4) is 5.75 Å². The van der Waals surface area contributed by atoms with E-state index >= 15 is 0 Å². The van der Waals surface area contributed by atoms with Gasteiger partial charge in [-0.1, -0.05) is 18.2 Å². The van der Waals surface area contributed by atoms with Crippen LogP contribution in [0, 0.1) is 5.92 Å². The van der Waals surface area contributed by atoms with E-state index in [0.717, 1.165) is 55.2 Å². The van der Waals surface area contributed by atoms with Crippen LogP contribution in [0.3, 0.4) is 0 Å². The Morgan fingerprint density at radius 1 is 1.18 bits per heavy atom. The minimum Gasteiger partial charge on any atom is -0.494 e. The first-order valence-electron chi connectivity index (χ1n) is 12.6. The molecule has 2 heterocycles. The van der Waals surface area contributed by atoms with Gasteiger partial charge in [-0.2, -0.15) is 13.2 Å². The minimum atomic E-state index is -4.45. The minimum absolute atomic E-state index is 0.0706. The first-order chi connectivity index (χ1) is 18.2. The number of amides is 1. The number of aliphatic carboxylic acids is 1. The number of rotatable bonds is 9. The highest BCUT2D eigenvalue weighted by Gasteiger charge is 2.32. The highest BCUT2D eigenvalue weighted by atomic mass is 19.4. The van der Waals surface area contributed by atoms with E-state index in [1.54, 1.807) is 0 Å². The summed E-state index contributed by atoms with van der Waals surface area (Å²) in [5, 5.41) is 15.8. The van der Waals surface area contributed by atoms with Crippen LogP contribution in [0.15, 0.2) is 47.5 Å². The van der Waals surface area contributed by atoms with E-state index < -0.39 is 23.6 Å². The van der Waals surface area contributed by atoms with Gasteiger partial charge in [-0.05, 0) is 60.2 Å². The molecule has 38 heavy (non-hydrogen) atoms. The molecule has 0 radical (unpaired) electrons. The van der Waals surface area contributed by atoms with Gasteiger partial charge in [-0.15, -0.1) is 0 Å². The number of nitrogens with one attached hydrogen (secondary N) is 2. The number of nitrogens with zero attached hydrogens (tertiary/aromatic N) is 2. The lowest BCUT2D eigenvalue weighted by Crippen LogP contribution is -2.41. The fourth-order valence-electron chi connectivity index (χ4n) is 4.58. The number of hydrogen-bond acceptors (Lipinski definition) is 6. The van der Waals surface area contributed by atoms with Gasteiger partial charge >= 0.3 is 12.1 Å². The van der Waals surface area contributed by atoms with E-state index in [1.165, 1.54) is 17.0 Å². The highest BCUT2D eigenvalue weighted by molar-refractivity contribution is 5.84. The molecule has 0 aromatic heterocycles. The molecule has 11 heteroatoms. The molecule has 0 spiro atoms. The first-order valence-corrected chi connectivity index (χ1v) is 12.6. The number of carboxylic acid groups (broad SMARTS) is 1. The average molecular weight is 533 g/mol. The summed E-state index contributed by atoms with van der Waals surface area (Å²) in [5.74, 6) is -0.747. The van der Waals surface area contributed by atoms with Crippen molar-refractivity contribution in [3.63, 3.8) is 0 Å². The molecule has 4 rings (SSSR count). The van der Waals surface area contributed by atoms with Crippen LogP contribution in [0.4, 0.5) is 13.2 Å². The number of hydrogen-bond donors (Lipinski definition) is 3. The number of fused-ring (bicyclic) bond motifs is 1. The molecule has 2 aliphatic heterocycles. The number of carbonyl (C=O) groups is 2. The number of carbonyl (C=O) groups excluding carboxylic acids is 1. The molecule has 0 fully saturated rings. The van der Waals surface area contributed by atoms with Crippen molar-refractivity contribution in [3.05, 3.63) is 64.7 Å². The van der Waals surface area contributed by atoms with E-state index in [1.807, 2.05) is 18.2 Å². The molecule has 8 nitrogen and oxygen atoms in total. The first kappa shape index (κ1) is 27.3. The van der Waals surface area contributed by atoms with E-state index in [9.17, 15) is 27.9 Å². The zero-order valence-corrected chi connectivity index (χ0v) is 20.9. The summed E-state index contributed by atoms with van der Waals surface area (Å²) in [6, 6.07) is 10.2. The number of alkyl halides is 3. The summed E-state index contributed by atoms with van der Waals surface area (Å²) >= 11 is 0. The van der Waals surface area contributed by atoms with Crippen LogP contribution in [-0.2, 0) is 35.3 Å². The van der Waals surface area contributed by atoms with Crippen LogP contribution in [0.1, 0.15) is 41.5 Å². The van der Waals surface area contributed by atoms with Gasteiger partial charge in [0.15, 0.2) is 5.96 Å². The van der Waals surface area contributed by atoms with Gasteiger partial charge < -0.3 is 25.4 Å². The molecule has 2 aromatic rings. The molecular formula is C27H31F3N4O4. The maximum absolute atomic E-state index is 13.3. The average Bonchev–Trinajstić information content (AvgIpc) is 3.00. The number of benzene rings is 2. The Kier molecular flexibility index (Phi) is 8.75. The summed E-state index contributed by atoms with van der Waals surface area (Å²) in [7, 11) is 0. The summed E-state index contributed by atoms with van der Waals surface area (Å²) in [5.41, 5.74) is 1.45. The third-order valence-electron chi connectivity index (χ3n) is 6.52. The molecule has 0 aliphatic carbocycles. The topological polar surface area (TPSA) is 103 Å². The molecule has 1 amide bonds. The van der Waals surface area contributed by atoms with Crippen molar-refractivity contribution in [2.45, 2.75) is 44.9 Å². The van der Waals surface area contributed by atoms with Gasteiger partial charge in [0, 0.05) is 32.7 Å². The number of carboxylic acids is 1. The molecule has 204 valence electrons. The summed E-state index contributed by atoms with van der Waals surface area (Å²) in [6.07, 6.45) is -2.74. The second-order valence-corrected chi connectivity index (χ2v) is 9.46. The Labute approximate surface area is 218 Å². The second-order valence-electron chi connectivity index (χ2n) is 9.46. The third kappa shape index (κ3) is 7.39. The quantitative estimate of drug-likeness (QED) is 0.427. The number of aliphatic imine (C=N–C) groups is 1. The molecule has 1 atom stereocenters. The van der Waals surface area contributed by atoms with Crippen molar-refractivity contribution < 1.29 is 32.6 Å². The SMILES string of the molecule is O=C(O)CC1Cc2ccc(OCCCNC3=NCCCN3)cc2CN(Cc2ccc(C(F)(F)F)cc2)C1=O. The van der Waals surface area contributed by atoms with E-state index in [2.05, 4.69) is 15.6 Å². The Hall–Kier alpha value is -3.76. The Bertz CT molecular complexity index is 1170. The maximum atomic E-state index is 13.3. The lowest BCUT2D eigenvalue weighted by molar-refractivity contribution is -0.144. The molecule has 0 bridgehead atoms. The van der Waals surface area contributed by atoms with Crippen molar-refractivity contribution in [2.24, 2.45) is 10.9 Å². The van der Waals surface area contributed by atoms with Crippen molar-refractivity contribution >= 4 is 17.8 Å². The normalized spacial score (nSPS) is 17.7. The number of halogens is 3. The van der Waals surface area contributed by atoms with Crippen molar-refractivity contribution in [1.82, 2.24) is 15.5 Å². The molecule has 0 saturated carbocycles. The molecule has 2 aliphatic rings. The predicted octanol–water partition coefficient (Wildman–Crippen LogP) is 3.59. The fourth-order valence-corrected chi connectivity index (χ4v) is 4.58. The third-order valence-corrected chi connectivity index (χ3v) is 6.52. The van der Waals surface area contributed by atoms with E-state index in [0.29, 0.717) is 24.5 Å². The van der Waals surface area contributed by atoms with Gasteiger partial charge in [-0.25, -0.2) is 0 Å². The Balaban J connectivity index is 1.43. The maximum Gasteiger partial charge on any atom is 0.416 e. The van der Waals surface area contributed by atoms with Crippen LogP contribution >= 0.6 is 0 Å². The molecule has 2 aromatic carbocycles. The van der Waals surface area contributed by atoms with Crippen LogP contribution < -0.4 is 15.4 Å². The summed E-state index contributed by atoms with van der Waals surface area (Å²) in [6.45, 7) is 3.16. The van der Waals surface area contributed by atoms with E-state index in [-0.39, 0.29) is 31.8 Å². The van der Waals surface area contributed by atoms with Gasteiger partial charge in [0.25, 0.3) is 0 Å². The van der Waals surface area contributed by atoms with Crippen LogP contribution in [0.25, 0.3) is 0 Å². The number of ether oxygens (including phenoxy) is 1. The van der Waals surface area contributed by atoms with Gasteiger partial charge in [0.2, 0.25) is 5.91 Å². The largest absolute Gasteiger partial charge is 0.494 e. The van der Waals surface area contributed by atoms with Crippen LogP contribution in [0.2, 0.25) is 0 Å². The smallest absolute Gasteiger partial charge is 0.416 e. The monoisotopic (exact) mass is 532 g/mol. The lowest BCUT2D eigenvalue weighted by atomic mass is 9.94. The van der Waals surface area contributed by atoms with Crippen LogP contribution in [-0.4, -0.2) is 54.1 Å². The van der Waals surface area contributed by atoms with E-state index in [4.69, 9.17) is 4.74 Å². The second kappa shape index (κ2) is 12.2. The van der Waals surface area contributed by atoms with Gasteiger partial charge in [0.05, 0.1) is 24.5 Å². The highest BCUT2D eigenvalue weighted by Crippen LogP contribution is 2.31. The fraction of sp³-hybridized carbons (Fsp3) is 0.444. The number of guanidine groups is 1. The summed E-state index contributed by atoms with van der Waals surface area (Å²) in [4.78, 5) is 30.6.